The van der Waals surface area contributed by atoms with Crippen LogP contribution in [0.25, 0.3) is 0 Å². The minimum atomic E-state index is -0.0764. The maximum absolute atomic E-state index is 11.4. The molecule has 0 bridgehead atoms. The average molecular weight is 184 g/mol. The van der Waals surface area contributed by atoms with E-state index in [0.717, 1.165) is 0 Å². The van der Waals surface area contributed by atoms with E-state index in [1.165, 1.54) is 4.90 Å². The van der Waals surface area contributed by atoms with Crippen LogP contribution in [0.15, 0.2) is 0 Å². The number of carbonyl (C=O) groups excluding carboxylic acids is 2. The Labute approximate surface area is 78.5 Å². The fourth-order valence-electron chi connectivity index (χ4n) is 1.40. The molecule has 4 heteroatoms. The Kier molecular flexibility index (Phi) is 3.03. The van der Waals surface area contributed by atoms with E-state index < -0.39 is 0 Å². The smallest absolute Gasteiger partial charge is 0.243 e. The molecule has 0 spiro atoms. The van der Waals surface area contributed by atoms with E-state index in [1.54, 1.807) is 11.9 Å². The monoisotopic (exact) mass is 184 g/mol. The Morgan fingerprint density at radius 2 is 1.69 bits per heavy atom. The van der Waals surface area contributed by atoms with Crippen molar-refractivity contribution >= 4 is 11.8 Å². The topological polar surface area (TPSA) is 40.6 Å². The molecule has 0 atom stereocenters. The molecule has 4 nitrogen and oxygen atoms in total. The van der Waals surface area contributed by atoms with E-state index in [-0.39, 0.29) is 11.8 Å². The summed E-state index contributed by atoms with van der Waals surface area (Å²) in [6.45, 7) is 5.26. The van der Waals surface area contributed by atoms with Crippen molar-refractivity contribution in [1.82, 2.24) is 9.80 Å². The lowest BCUT2D eigenvalue weighted by Gasteiger charge is -2.31. The van der Waals surface area contributed by atoms with Crippen molar-refractivity contribution in [1.29, 1.82) is 0 Å². The lowest BCUT2D eigenvalue weighted by molar-refractivity contribution is -0.151. The first-order valence-corrected chi connectivity index (χ1v) is 4.52. The molecule has 0 aromatic heterocycles. The fourth-order valence-corrected chi connectivity index (χ4v) is 1.40. The van der Waals surface area contributed by atoms with E-state index in [4.69, 9.17) is 0 Å². The molecule has 1 saturated heterocycles. The number of hydrogen-bond donors (Lipinski definition) is 0. The van der Waals surface area contributed by atoms with Crippen LogP contribution < -0.4 is 0 Å². The van der Waals surface area contributed by atoms with Crippen molar-refractivity contribution in [2.24, 2.45) is 5.92 Å². The third kappa shape index (κ3) is 2.52. The Bertz CT molecular complexity index is 208. The van der Waals surface area contributed by atoms with Crippen molar-refractivity contribution in [3.8, 4) is 0 Å². The summed E-state index contributed by atoms with van der Waals surface area (Å²) in [6, 6.07) is 0. The average Bonchev–Trinajstić information content (AvgIpc) is 1.96. The first-order chi connectivity index (χ1) is 6.00. The molecule has 0 saturated carbocycles. The molecule has 0 N–H and O–H groups in total. The lowest BCUT2D eigenvalue weighted by Crippen LogP contribution is -2.53. The van der Waals surface area contributed by atoms with Gasteiger partial charge in [0, 0.05) is 6.54 Å². The van der Waals surface area contributed by atoms with Gasteiger partial charge in [-0.1, -0.05) is 13.8 Å². The molecule has 0 aliphatic carbocycles. The first-order valence-electron chi connectivity index (χ1n) is 4.52. The van der Waals surface area contributed by atoms with Gasteiger partial charge >= 0.3 is 0 Å². The summed E-state index contributed by atoms with van der Waals surface area (Å²) < 4.78 is 0. The Morgan fingerprint density at radius 1 is 1.23 bits per heavy atom. The van der Waals surface area contributed by atoms with E-state index in [2.05, 4.69) is 0 Å². The second-order valence-corrected chi connectivity index (χ2v) is 3.96. The Morgan fingerprint density at radius 3 is 2.08 bits per heavy atom. The maximum Gasteiger partial charge on any atom is 0.243 e. The normalized spacial score (nSPS) is 20.2. The van der Waals surface area contributed by atoms with Gasteiger partial charge in [0.15, 0.2) is 0 Å². The van der Waals surface area contributed by atoms with Crippen molar-refractivity contribution < 1.29 is 9.59 Å². The fraction of sp³-hybridized carbons (Fsp3) is 0.778. The van der Waals surface area contributed by atoms with Gasteiger partial charge in [0.2, 0.25) is 11.8 Å². The van der Waals surface area contributed by atoms with E-state index in [1.807, 2.05) is 13.8 Å². The van der Waals surface area contributed by atoms with Crippen molar-refractivity contribution in [3.63, 3.8) is 0 Å². The lowest BCUT2D eigenvalue weighted by atomic mass is 10.2. The van der Waals surface area contributed by atoms with Crippen molar-refractivity contribution in [2.75, 3.05) is 26.7 Å². The summed E-state index contributed by atoms with van der Waals surface area (Å²) in [5.74, 6) is 0.191. The predicted molar refractivity (Wildman–Crippen MR) is 49.1 cm³/mol. The van der Waals surface area contributed by atoms with Gasteiger partial charge in [-0.25, -0.2) is 0 Å². The molecule has 1 aliphatic heterocycles. The zero-order valence-electron chi connectivity index (χ0n) is 8.41. The van der Waals surface area contributed by atoms with Gasteiger partial charge in [0.25, 0.3) is 0 Å². The van der Waals surface area contributed by atoms with Crippen LogP contribution >= 0.6 is 0 Å². The molecule has 1 rings (SSSR count). The largest absolute Gasteiger partial charge is 0.289 e. The van der Waals surface area contributed by atoms with Crippen molar-refractivity contribution in [2.45, 2.75) is 13.8 Å². The molecule has 0 unspecified atom stereocenters. The number of hydrogen-bond acceptors (Lipinski definition) is 3. The van der Waals surface area contributed by atoms with Gasteiger partial charge in [-0.05, 0) is 13.0 Å². The summed E-state index contributed by atoms with van der Waals surface area (Å²) in [7, 11) is 1.78. The molecule has 13 heavy (non-hydrogen) atoms. The van der Waals surface area contributed by atoms with Crippen LogP contribution in [0.1, 0.15) is 13.8 Å². The number of amides is 2. The number of rotatable bonds is 2. The zero-order valence-corrected chi connectivity index (χ0v) is 8.41. The van der Waals surface area contributed by atoms with Crippen LogP contribution in [-0.4, -0.2) is 48.3 Å². The van der Waals surface area contributed by atoms with Gasteiger partial charge in [0.1, 0.15) is 0 Å². The van der Waals surface area contributed by atoms with Crippen molar-refractivity contribution in [3.05, 3.63) is 0 Å². The molecular weight excluding hydrogens is 168 g/mol. The first kappa shape index (κ1) is 10.2. The summed E-state index contributed by atoms with van der Waals surface area (Å²) in [6.07, 6.45) is 0. The SMILES string of the molecule is CC(C)CN1C(=O)CN(C)CC1=O. The third-order valence-electron chi connectivity index (χ3n) is 1.96. The zero-order chi connectivity index (χ0) is 10.0. The summed E-state index contributed by atoms with van der Waals surface area (Å²) in [5, 5.41) is 0. The second kappa shape index (κ2) is 3.87. The molecule has 0 radical (unpaired) electrons. The number of carbonyl (C=O) groups is 2. The van der Waals surface area contributed by atoms with Crippen LogP contribution in [0, 0.1) is 5.92 Å². The summed E-state index contributed by atoms with van der Waals surface area (Å²) in [5.41, 5.74) is 0. The van der Waals surface area contributed by atoms with Gasteiger partial charge in [-0.15, -0.1) is 0 Å². The minimum Gasteiger partial charge on any atom is -0.289 e. The standard InChI is InChI=1S/C9H16N2O2/c1-7(2)4-11-8(12)5-10(3)6-9(11)13/h7H,4-6H2,1-3H3. The highest BCUT2D eigenvalue weighted by molar-refractivity contribution is 5.99. The van der Waals surface area contributed by atoms with E-state index in [0.29, 0.717) is 25.6 Å². The number of imide groups is 1. The summed E-state index contributed by atoms with van der Waals surface area (Å²) in [4.78, 5) is 25.9. The molecule has 1 fully saturated rings. The number of piperazine rings is 1. The minimum absolute atomic E-state index is 0.0764. The van der Waals surface area contributed by atoms with Crippen LogP contribution in [0.4, 0.5) is 0 Å². The highest BCUT2D eigenvalue weighted by Gasteiger charge is 2.28. The van der Waals surface area contributed by atoms with Crippen LogP contribution in [0.5, 0.6) is 0 Å². The Hall–Kier alpha value is -0.900. The van der Waals surface area contributed by atoms with Crippen LogP contribution in [-0.2, 0) is 9.59 Å². The predicted octanol–water partition coefficient (Wildman–Crippen LogP) is -0.0570. The highest BCUT2D eigenvalue weighted by atomic mass is 16.2. The van der Waals surface area contributed by atoms with E-state index in [9.17, 15) is 9.59 Å². The van der Waals surface area contributed by atoms with Gasteiger partial charge in [0.05, 0.1) is 13.1 Å². The van der Waals surface area contributed by atoms with Crippen LogP contribution in [0.3, 0.4) is 0 Å². The molecule has 0 aromatic rings. The van der Waals surface area contributed by atoms with Gasteiger partial charge in [-0.2, -0.15) is 0 Å². The molecule has 1 heterocycles. The third-order valence-corrected chi connectivity index (χ3v) is 1.96. The quantitative estimate of drug-likeness (QED) is 0.565. The Balaban J connectivity index is 2.62. The molecule has 1 aliphatic rings. The molecule has 74 valence electrons. The van der Waals surface area contributed by atoms with Gasteiger partial charge in [-0.3, -0.25) is 19.4 Å². The second-order valence-electron chi connectivity index (χ2n) is 3.96. The maximum atomic E-state index is 11.4. The highest BCUT2D eigenvalue weighted by Crippen LogP contribution is 2.06. The van der Waals surface area contributed by atoms with E-state index >= 15 is 0 Å². The molecule has 0 aromatic carbocycles. The summed E-state index contributed by atoms with van der Waals surface area (Å²) >= 11 is 0. The molecular formula is C9H16N2O2. The molecule has 2 amide bonds. The number of likely N-dealkylation sites (N-methyl/N-ethyl adjacent to an activating group) is 1. The number of nitrogens with zero attached hydrogens (tertiary/aromatic N) is 2. The van der Waals surface area contributed by atoms with Crippen LogP contribution in [0.2, 0.25) is 0 Å². The van der Waals surface area contributed by atoms with Gasteiger partial charge < -0.3 is 0 Å².